The van der Waals surface area contributed by atoms with Gasteiger partial charge in [0.25, 0.3) is 0 Å². The molecule has 19 heavy (non-hydrogen) atoms. The first-order valence-corrected chi connectivity index (χ1v) is 7.55. The number of guanidine groups is 1. The molecule has 102 valence electrons. The monoisotopic (exact) mass is 277 g/mol. The van der Waals surface area contributed by atoms with Gasteiger partial charge >= 0.3 is 0 Å². The molecular formula is C14H19N3OS. The molecule has 0 bridgehead atoms. The minimum atomic E-state index is 0.0561. The maximum absolute atomic E-state index is 6.13. The van der Waals surface area contributed by atoms with E-state index in [-0.39, 0.29) is 5.54 Å². The minimum Gasteiger partial charge on any atom is -0.497 e. The zero-order valence-corrected chi connectivity index (χ0v) is 12.1. The lowest BCUT2D eigenvalue weighted by Gasteiger charge is -2.35. The summed E-state index contributed by atoms with van der Waals surface area (Å²) in [5.74, 6) is 2.56. The molecule has 0 aromatic heterocycles. The predicted octanol–water partition coefficient (Wildman–Crippen LogP) is 2.09. The molecule has 1 fully saturated rings. The quantitative estimate of drug-likeness (QED) is 0.899. The molecule has 2 N–H and O–H groups in total. The van der Waals surface area contributed by atoms with Crippen molar-refractivity contribution in [2.24, 2.45) is 10.7 Å². The second-order valence-corrected chi connectivity index (χ2v) is 6.69. The molecule has 1 spiro atoms. The average Bonchev–Trinajstić information content (AvgIpc) is 2.94. The van der Waals surface area contributed by atoms with Crippen LogP contribution in [0.3, 0.4) is 0 Å². The number of ether oxygens (including phenoxy) is 1. The van der Waals surface area contributed by atoms with Crippen molar-refractivity contribution in [2.45, 2.75) is 24.1 Å². The van der Waals surface area contributed by atoms with Crippen molar-refractivity contribution >= 4 is 23.4 Å². The number of benzene rings is 1. The Labute approximate surface area is 118 Å². The number of thioether (sulfide) groups is 1. The van der Waals surface area contributed by atoms with E-state index < -0.39 is 0 Å². The van der Waals surface area contributed by atoms with Crippen molar-refractivity contribution < 1.29 is 4.74 Å². The second kappa shape index (κ2) is 4.63. The third-order valence-corrected chi connectivity index (χ3v) is 5.29. The van der Waals surface area contributed by atoms with Gasteiger partial charge in [0.05, 0.1) is 19.2 Å². The van der Waals surface area contributed by atoms with Gasteiger partial charge in [-0.1, -0.05) is 13.0 Å². The summed E-state index contributed by atoms with van der Waals surface area (Å²) in [7, 11) is 1.68. The molecule has 1 aromatic carbocycles. The largest absolute Gasteiger partial charge is 0.497 e. The van der Waals surface area contributed by atoms with Gasteiger partial charge < -0.3 is 15.4 Å². The average molecular weight is 277 g/mol. The number of rotatable bonds is 2. The molecule has 5 heteroatoms. The lowest BCUT2D eigenvalue weighted by Crippen LogP contribution is -2.52. The van der Waals surface area contributed by atoms with Gasteiger partial charge in [-0.3, -0.25) is 4.99 Å². The molecule has 2 heterocycles. The Kier molecular flexibility index (Phi) is 3.09. The van der Waals surface area contributed by atoms with Crippen LogP contribution in [-0.4, -0.2) is 36.2 Å². The zero-order chi connectivity index (χ0) is 13.5. The smallest absolute Gasteiger partial charge is 0.196 e. The normalized spacial score (nSPS) is 29.9. The number of anilines is 1. The van der Waals surface area contributed by atoms with Gasteiger partial charge in [-0.2, -0.15) is 11.8 Å². The molecule has 1 saturated heterocycles. The summed E-state index contributed by atoms with van der Waals surface area (Å²) in [6, 6.07) is 8.05. The third-order valence-electron chi connectivity index (χ3n) is 3.85. The molecule has 4 nitrogen and oxygen atoms in total. The first-order valence-electron chi connectivity index (χ1n) is 6.50. The van der Waals surface area contributed by atoms with Crippen LogP contribution in [0.5, 0.6) is 5.75 Å². The van der Waals surface area contributed by atoms with E-state index in [4.69, 9.17) is 10.5 Å². The zero-order valence-electron chi connectivity index (χ0n) is 11.3. The molecule has 2 unspecified atom stereocenters. The molecule has 2 aliphatic heterocycles. The standard InChI is InChI=1S/C14H19N3OS/c1-10-7-14(9-19-10)8-16-13(15)17(14)11-4-3-5-12(6-11)18-2/h3-6,10H,7-9H2,1-2H3,(H2,15,16). The first-order chi connectivity index (χ1) is 9.14. The van der Waals surface area contributed by atoms with Crippen LogP contribution >= 0.6 is 11.8 Å². The highest BCUT2D eigenvalue weighted by Gasteiger charge is 2.47. The summed E-state index contributed by atoms with van der Waals surface area (Å²) >= 11 is 2.00. The lowest BCUT2D eigenvalue weighted by atomic mass is 9.94. The number of nitrogens with two attached hydrogens (primary N) is 1. The first kappa shape index (κ1) is 12.7. The summed E-state index contributed by atoms with van der Waals surface area (Å²) in [4.78, 5) is 6.69. The summed E-state index contributed by atoms with van der Waals surface area (Å²) < 4.78 is 5.31. The van der Waals surface area contributed by atoms with Gasteiger partial charge in [0.2, 0.25) is 0 Å². The maximum atomic E-state index is 6.13. The Balaban J connectivity index is 1.98. The molecule has 3 rings (SSSR count). The van der Waals surface area contributed by atoms with E-state index in [1.54, 1.807) is 7.11 Å². The molecular weight excluding hydrogens is 258 g/mol. The highest BCUT2D eigenvalue weighted by atomic mass is 32.2. The van der Waals surface area contributed by atoms with Crippen LogP contribution in [0, 0.1) is 0 Å². The van der Waals surface area contributed by atoms with E-state index in [1.807, 2.05) is 30.0 Å². The van der Waals surface area contributed by atoms with E-state index in [1.165, 1.54) is 0 Å². The van der Waals surface area contributed by atoms with E-state index in [2.05, 4.69) is 22.9 Å². The maximum Gasteiger partial charge on any atom is 0.196 e. The molecule has 0 aliphatic carbocycles. The van der Waals surface area contributed by atoms with Crippen molar-refractivity contribution in [3.8, 4) is 5.75 Å². The fourth-order valence-electron chi connectivity index (χ4n) is 2.98. The highest BCUT2D eigenvalue weighted by Crippen LogP contribution is 2.43. The van der Waals surface area contributed by atoms with E-state index >= 15 is 0 Å². The molecule has 0 saturated carbocycles. The van der Waals surface area contributed by atoms with Crippen LogP contribution in [-0.2, 0) is 0 Å². The Morgan fingerprint density at radius 1 is 1.53 bits per heavy atom. The van der Waals surface area contributed by atoms with E-state index in [0.717, 1.165) is 30.2 Å². The topological polar surface area (TPSA) is 50.9 Å². The van der Waals surface area contributed by atoms with Gasteiger partial charge in [-0.05, 0) is 18.6 Å². The Morgan fingerprint density at radius 3 is 3.05 bits per heavy atom. The van der Waals surface area contributed by atoms with Crippen molar-refractivity contribution in [3.63, 3.8) is 0 Å². The van der Waals surface area contributed by atoms with Crippen molar-refractivity contribution in [2.75, 3.05) is 24.3 Å². The summed E-state index contributed by atoms with van der Waals surface area (Å²) in [6.07, 6.45) is 1.12. The molecule has 1 aromatic rings. The molecule has 2 aliphatic rings. The fraction of sp³-hybridized carbons (Fsp3) is 0.500. The fourth-order valence-corrected chi connectivity index (χ4v) is 4.35. The second-order valence-electron chi connectivity index (χ2n) is 5.26. The summed E-state index contributed by atoms with van der Waals surface area (Å²) in [6.45, 7) is 3.07. The Hall–Kier alpha value is -1.36. The van der Waals surface area contributed by atoms with Crippen LogP contribution in [0.15, 0.2) is 29.3 Å². The van der Waals surface area contributed by atoms with Gasteiger partial charge in [-0.25, -0.2) is 0 Å². The van der Waals surface area contributed by atoms with Crippen molar-refractivity contribution in [1.82, 2.24) is 0 Å². The van der Waals surface area contributed by atoms with Crippen LogP contribution in [0.1, 0.15) is 13.3 Å². The third kappa shape index (κ3) is 2.06. The number of nitrogens with zero attached hydrogens (tertiary/aromatic N) is 2. The predicted molar refractivity (Wildman–Crippen MR) is 81.2 cm³/mol. The van der Waals surface area contributed by atoms with Gasteiger partial charge in [0.15, 0.2) is 5.96 Å². The van der Waals surface area contributed by atoms with Crippen LogP contribution in [0.4, 0.5) is 5.69 Å². The number of methoxy groups -OCH3 is 1. The van der Waals surface area contributed by atoms with Crippen LogP contribution in [0.2, 0.25) is 0 Å². The van der Waals surface area contributed by atoms with Crippen LogP contribution < -0.4 is 15.4 Å². The van der Waals surface area contributed by atoms with Gasteiger partial charge in [0.1, 0.15) is 5.75 Å². The number of aliphatic imine (C=N–C) groups is 1. The lowest BCUT2D eigenvalue weighted by molar-refractivity contribution is 0.414. The summed E-state index contributed by atoms with van der Waals surface area (Å²) in [5, 5.41) is 0.661. The summed E-state index contributed by atoms with van der Waals surface area (Å²) in [5.41, 5.74) is 7.26. The SMILES string of the molecule is COc1cccc(N2C(N)=NCC23CSC(C)C3)c1. The molecule has 0 radical (unpaired) electrons. The van der Waals surface area contributed by atoms with Crippen LogP contribution in [0.25, 0.3) is 0 Å². The van der Waals surface area contributed by atoms with E-state index in [0.29, 0.717) is 11.2 Å². The number of hydrogen-bond acceptors (Lipinski definition) is 5. The van der Waals surface area contributed by atoms with E-state index in [9.17, 15) is 0 Å². The Bertz CT molecular complexity index is 519. The van der Waals surface area contributed by atoms with Crippen molar-refractivity contribution in [3.05, 3.63) is 24.3 Å². The Morgan fingerprint density at radius 2 is 2.37 bits per heavy atom. The number of hydrogen-bond donors (Lipinski definition) is 1. The highest BCUT2D eigenvalue weighted by molar-refractivity contribution is 8.00. The van der Waals surface area contributed by atoms with Gasteiger partial charge in [-0.15, -0.1) is 0 Å². The minimum absolute atomic E-state index is 0.0561. The van der Waals surface area contributed by atoms with Gasteiger partial charge in [0, 0.05) is 22.8 Å². The molecule has 2 atom stereocenters. The molecule has 0 amide bonds. The van der Waals surface area contributed by atoms with Crippen molar-refractivity contribution in [1.29, 1.82) is 0 Å².